The van der Waals surface area contributed by atoms with Crippen molar-refractivity contribution < 1.29 is 5.11 Å². The van der Waals surface area contributed by atoms with Crippen LogP contribution >= 0.6 is 11.8 Å². The summed E-state index contributed by atoms with van der Waals surface area (Å²) in [6.45, 7) is 8.67. The number of thioether (sulfide) groups is 1. The van der Waals surface area contributed by atoms with Gasteiger partial charge < -0.3 is 10.0 Å². The summed E-state index contributed by atoms with van der Waals surface area (Å²) in [4.78, 5) is 6.62. The van der Waals surface area contributed by atoms with Gasteiger partial charge in [0.15, 0.2) is 0 Å². The van der Waals surface area contributed by atoms with Crippen molar-refractivity contribution in [3.8, 4) is 0 Å². The lowest BCUT2D eigenvalue weighted by atomic mass is 10.1. The molecule has 0 aromatic carbocycles. The van der Waals surface area contributed by atoms with Crippen molar-refractivity contribution in [1.29, 1.82) is 0 Å². The third kappa shape index (κ3) is 2.93. The fourth-order valence-corrected chi connectivity index (χ4v) is 3.32. The van der Waals surface area contributed by atoms with Crippen LogP contribution in [0.25, 0.3) is 0 Å². The Labute approximate surface area is 107 Å². The van der Waals surface area contributed by atoms with Crippen LogP contribution < -0.4 is 4.90 Å². The normalized spacial score (nSPS) is 19.4. The van der Waals surface area contributed by atoms with Gasteiger partial charge in [0.2, 0.25) is 0 Å². The molecule has 4 heteroatoms. The molecule has 0 bridgehead atoms. The summed E-state index contributed by atoms with van der Waals surface area (Å²) >= 11 is 2.02. The number of rotatable bonds is 2. The maximum absolute atomic E-state index is 9.40. The number of aliphatic hydroxyl groups is 1. The lowest BCUT2D eigenvalue weighted by Crippen LogP contribution is -2.43. The fourth-order valence-electron chi connectivity index (χ4n) is 2.21. The van der Waals surface area contributed by atoms with Crippen LogP contribution in [0.1, 0.15) is 25.1 Å². The third-order valence-electron chi connectivity index (χ3n) is 3.04. The summed E-state index contributed by atoms with van der Waals surface area (Å²) in [7, 11) is 0. The van der Waals surface area contributed by atoms with E-state index < -0.39 is 0 Å². The minimum absolute atomic E-state index is 0.0622. The van der Waals surface area contributed by atoms with Crippen molar-refractivity contribution in [2.24, 2.45) is 0 Å². The second-order valence-electron chi connectivity index (χ2n) is 5.14. The standard InChI is InChI=1S/C13H20N2OS/c1-10-6-12(11(8-16)7-14-10)15-4-5-17-13(2,3)9-15/h6-7,16H,4-5,8-9H2,1-3H3. The molecular weight excluding hydrogens is 232 g/mol. The lowest BCUT2D eigenvalue weighted by Gasteiger charge is -2.39. The molecule has 17 heavy (non-hydrogen) atoms. The molecule has 1 fully saturated rings. The first-order chi connectivity index (χ1) is 8.02. The number of hydrogen-bond acceptors (Lipinski definition) is 4. The summed E-state index contributed by atoms with van der Waals surface area (Å²) in [5.41, 5.74) is 3.08. The van der Waals surface area contributed by atoms with Gasteiger partial charge in [0.25, 0.3) is 0 Å². The van der Waals surface area contributed by atoms with Crippen LogP contribution in [0.15, 0.2) is 12.3 Å². The van der Waals surface area contributed by atoms with Crippen molar-refractivity contribution >= 4 is 17.4 Å². The van der Waals surface area contributed by atoms with Crippen molar-refractivity contribution in [3.05, 3.63) is 23.5 Å². The highest BCUT2D eigenvalue weighted by atomic mass is 32.2. The van der Waals surface area contributed by atoms with Crippen LogP contribution in [-0.2, 0) is 6.61 Å². The molecule has 0 saturated carbocycles. The number of pyridine rings is 1. The van der Waals surface area contributed by atoms with E-state index in [9.17, 15) is 5.11 Å². The predicted molar refractivity (Wildman–Crippen MR) is 73.6 cm³/mol. The van der Waals surface area contributed by atoms with Crippen LogP contribution in [0.3, 0.4) is 0 Å². The van der Waals surface area contributed by atoms with Crippen LogP contribution in [0.2, 0.25) is 0 Å². The van der Waals surface area contributed by atoms with Crippen molar-refractivity contribution in [2.45, 2.75) is 32.1 Å². The van der Waals surface area contributed by atoms with Crippen molar-refractivity contribution in [1.82, 2.24) is 4.98 Å². The molecule has 0 radical (unpaired) electrons. The average molecular weight is 252 g/mol. The minimum Gasteiger partial charge on any atom is -0.392 e. The number of nitrogens with zero attached hydrogens (tertiary/aromatic N) is 2. The zero-order chi connectivity index (χ0) is 12.5. The molecule has 0 aliphatic carbocycles. The Morgan fingerprint density at radius 1 is 1.53 bits per heavy atom. The van der Waals surface area contributed by atoms with Crippen molar-refractivity contribution in [2.75, 3.05) is 23.7 Å². The van der Waals surface area contributed by atoms with E-state index in [1.165, 1.54) is 0 Å². The van der Waals surface area contributed by atoms with E-state index in [-0.39, 0.29) is 11.4 Å². The third-order valence-corrected chi connectivity index (χ3v) is 4.33. The molecule has 1 aromatic heterocycles. The van der Waals surface area contributed by atoms with E-state index >= 15 is 0 Å². The lowest BCUT2D eigenvalue weighted by molar-refractivity contribution is 0.281. The Kier molecular flexibility index (Phi) is 3.64. The topological polar surface area (TPSA) is 36.4 Å². The SMILES string of the molecule is Cc1cc(N2CCSC(C)(C)C2)c(CO)cn1. The average Bonchev–Trinajstić information content (AvgIpc) is 2.27. The van der Waals surface area contributed by atoms with Gasteiger partial charge in [-0.1, -0.05) is 0 Å². The van der Waals surface area contributed by atoms with Crippen LogP contribution in [-0.4, -0.2) is 33.7 Å². The Bertz CT molecular complexity index is 406. The summed E-state index contributed by atoms with van der Waals surface area (Å²) in [6.07, 6.45) is 1.79. The highest BCUT2D eigenvalue weighted by Gasteiger charge is 2.28. The second kappa shape index (κ2) is 4.86. The van der Waals surface area contributed by atoms with Gasteiger partial charge >= 0.3 is 0 Å². The molecule has 0 spiro atoms. The van der Waals surface area contributed by atoms with Gasteiger partial charge in [0.1, 0.15) is 0 Å². The molecule has 1 aliphatic heterocycles. The van der Waals surface area contributed by atoms with Crippen molar-refractivity contribution in [3.63, 3.8) is 0 Å². The van der Waals surface area contributed by atoms with Crippen LogP contribution in [0.4, 0.5) is 5.69 Å². The highest BCUT2D eigenvalue weighted by Crippen LogP contribution is 2.33. The van der Waals surface area contributed by atoms with Gasteiger partial charge in [0, 0.05) is 46.7 Å². The molecule has 2 rings (SSSR count). The monoisotopic (exact) mass is 252 g/mol. The van der Waals surface area contributed by atoms with E-state index in [0.717, 1.165) is 35.8 Å². The largest absolute Gasteiger partial charge is 0.392 e. The predicted octanol–water partition coefficient (Wildman–Crippen LogP) is 2.21. The maximum Gasteiger partial charge on any atom is 0.0717 e. The van der Waals surface area contributed by atoms with Gasteiger partial charge in [0.05, 0.1) is 6.61 Å². The zero-order valence-electron chi connectivity index (χ0n) is 10.7. The number of aromatic nitrogens is 1. The zero-order valence-corrected chi connectivity index (χ0v) is 11.5. The van der Waals surface area contributed by atoms with E-state index in [1.807, 2.05) is 18.7 Å². The number of hydrogen-bond donors (Lipinski definition) is 1. The molecule has 0 amide bonds. The molecule has 1 aromatic rings. The summed E-state index contributed by atoms with van der Waals surface area (Å²) in [5.74, 6) is 1.14. The van der Waals surface area contributed by atoms with Crippen LogP contribution in [0, 0.1) is 6.92 Å². The summed E-state index contributed by atoms with van der Waals surface area (Å²) in [6, 6.07) is 2.08. The van der Waals surface area contributed by atoms with Gasteiger partial charge in [-0.15, -0.1) is 0 Å². The quantitative estimate of drug-likeness (QED) is 0.875. The van der Waals surface area contributed by atoms with Gasteiger partial charge in [-0.3, -0.25) is 4.98 Å². The van der Waals surface area contributed by atoms with E-state index in [1.54, 1.807) is 6.20 Å². The molecule has 2 heterocycles. The molecule has 1 N–H and O–H groups in total. The smallest absolute Gasteiger partial charge is 0.0717 e. The summed E-state index contributed by atoms with van der Waals surface area (Å²) < 4.78 is 0.280. The highest BCUT2D eigenvalue weighted by molar-refractivity contribution is 8.00. The molecule has 0 unspecified atom stereocenters. The number of anilines is 1. The maximum atomic E-state index is 9.40. The molecule has 94 valence electrons. The minimum atomic E-state index is 0.0622. The van der Waals surface area contributed by atoms with Gasteiger partial charge in [-0.25, -0.2) is 0 Å². The Morgan fingerprint density at radius 2 is 2.29 bits per heavy atom. The van der Waals surface area contributed by atoms with E-state index in [2.05, 4.69) is 29.8 Å². The second-order valence-corrected chi connectivity index (χ2v) is 6.94. The molecule has 1 saturated heterocycles. The first kappa shape index (κ1) is 12.7. The Hall–Kier alpha value is -0.740. The number of aliphatic hydroxyl groups excluding tert-OH is 1. The molecule has 0 atom stereocenters. The fraction of sp³-hybridized carbons (Fsp3) is 0.615. The van der Waals surface area contributed by atoms with Gasteiger partial charge in [-0.05, 0) is 26.8 Å². The first-order valence-corrected chi connectivity index (χ1v) is 6.96. The molecule has 3 nitrogen and oxygen atoms in total. The Balaban J connectivity index is 2.29. The van der Waals surface area contributed by atoms with Crippen LogP contribution in [0.5, 0.6) is 0 Å². The molecular formula is C13H20N2OS. The van der Waals surface area contributed by atoms with Gasteiger partial charge in [-0.2, -0.15) is 11.8 Å². The first-order valence-electron chi connectivity index (χ1n) is 5.97. The van der Waals surface area contributed by atoms with E-state index in [4.69, 9.17) is 0 Å². The summed E-state index contributed by atoms with van der Waals surface area (Å²) in [5, 5.41) is 9.40. The molecule has 1 aliphatic rings. The Morgan fingerprint density at radius 3 is 2.94 bits per heavy atom. The number of aryl methyl sites for hydroxylation is 1. The van der Waals surface area contributed by atoms with E-state index in [0.29, 0.717) is 0 Å².